The van der Waals surface area contributed by atoms with E-state index in [9.17, 15) is 0 Å². The van der Waals surface area contributed by atoms with Crippen LogP contribution in [0.2, 0.25) is 0 Å². The number of hydrogen-bond acceptors (Lipinski definition) is 3. The Hall–Kier alpha value is -0.700. The first kappa shape index (κ1) is 10.4. The van der Waals surface area contributed by atoms with Crippen LogP contribution in [-0.4, -0.2) is 23.6 Å². The molecule has 0 N–H and O–H groups in total. The molecule has 0 radical (unpaired) electrons. The van der Waals surface area contributed by atoms with Crippen molar-refractivity contribution in [1.82, 2.24) is 4.98 Å². The third kappa shape index (κ3) is 4.78. The minimum Gasteiger partial charge on any atom is -0.492 e. The average molecular weight is 197 g/mol. The maximum atomic E-state index is 5.48. The Morgan fingerprint density at radius 1 is 1.46 bits per heavy atom. The lowest BCUT2D eigenvalue weighted by atomic mass is 10.3. The lowest BCUT2D eigenvalue weighted by Gasteiger charge is -2.04. The molecule has 0 aliphatic rings. The Labute approximate surface area is 83.7 Å². The number of pyridine rings is 1. The van der Waals surface area contributed by atoms with Gasteiger partial charge in [0.1, 0.15) is 5.75 Å². The number of rotatable bonds is 6. The van der Waals surface area contributed by atoms with Gasteiger partial charge >= 0.3 is 0 Å². The molecule has 2 nitrogen and oxygen atoms in total. The van der Waals surface area contributed by atoms with Crippen molar-refractivity contribution in [2.24, 2.45) is 0 Å². The van der Waals surface area contributed by atoms with E-state index in [4.69, 9.17) is 4.74 Å². The zero-order chi connectivity index (χ0) is 9.36. The van der Waals surface area contributed by atoms with Gasteiger partial charge in [-0.1, -0.05) is 0 Å². The van der Waals surface area contributed by atoms with Gasteiger partial charge in [0.05, 0.1) is 12.8 Å². The zero-order valence-corrected chi connectivity index (χ0v) is 8.72. The van der Waals surface area contributed by atoms with Crippen LogP contribution in [0.1, 0.15) is 12.8 Å². The largest absolute Gasteiger partial charge is 0.492 e. The summed E-state index contributed by atoms with van der Waals surface area (Å²) in [5.41, 5.74) is 0. The molecule has 13 heavy (non-hydrogen) atoms. The van der Waals surface area contributed by atoms with Gasteiger partial charge in [-0.05, 0) is 37.0 Å². The van der Waals surface area contributed by atoms with Crippen molar-refractivity contribution in [1.29, 1.82) is 0 Å². The van der Waals surface area contributed by atoms with Crippen LogP contribution < -0.4 is 4.74 Å². The van der Waals surface area contributed by atoms with Crippen molar-refractivity contribution in [3.05, 3.63) is 24.5 Å². The SMILES string of the molecule is CSCCCCOc1cccnc1. The van der Waals surface area contributed by atoms with Crippen LogP contribution in [0.25, 0.3) is 0 Å². The Balaban J connectivity index is 2.07. The standard InChI is InChI=1S/C10H15NOS/c1-13-8-3-2-7-12-10-5-4-6-11-9-10/h4-6,9H,2-3,7-8H2,1H3. The van der Waals surface area contributed by atoms with Gasteiger partial charge in [-0.3, -0.25) is 4.98 Å². The Morgan fingerprint density at radius 3 is 3.08 bits per heavy atom. The highest BCUT2D eigenvalue weighted by Gasteiger charge is 1.91. The maximum Gasteiger partial charge on any atom is 0.137 e. The van der Waals surface area contributed by atoms with E-state index in [0.29, 0.717) is 0 Å². The first-order chi connectivity index (χ1) is 6.43. The molecule has 72 valence electrons. The summed E-state index contributed by atoms with van der Waals surface area (Å²) in [5, 5.41) is 0. The molecular formula is C10H15NOS. The van der Waals surface area contributed by atoms with Gasteiger partial charge in [-0.15, -0.1) is 0 Å². The first-order valence-corrected chi connectivity index (χ1v) is 5.84. The summed E-state index contributed by atoms with van der Waals surface area (Å²) in [4.78, 5) is 3.97. The van der Waals surface area contributed by atoms with Gasteiger partial charge in [-0.25, -0.2) is 0 Å². The van der Waals surface area contributed by atoms with Crippen molar-refractivity contribution < 1.29 is 4.74 Å². The third-order valence-electron chi connectivity index (χ3n) is 1.65. The molecule has 3 heteroatoms. The highest BCUT2D eigenvalue weighted by molar-refractivity contribution is 7.98. The third-order valence-corrected chi connectivity index (χ3v) is 2.34. The lowest BCUT2D eigenvalue weighted by Crippen LogP contribution is -1.97. The predicted octanol–water partition coefficient (Wildman–Crippen LogP) is 2.60. The lowest BCUT2D eigenvalue weighted by molar-refractivity contribution is 0.308. The van der Waals surface area contributed by atoms with Crippen LogP contribution in [-0.2, 0) is 0 Å². The number of thioether (sulfide) groups is 1. The first-order valence-electron chi connectivity index (χ1n) is 4.45. The highest BCUT2D eigenvalue weighted by atomic mass is 32.2. The molecule has 0 spiro atoms. The number of aromatic nitrogens is 1. The van der Waals surface area contributed by atoms with Crippen molar-refractivity contribution in [2.75, 3.05) is 18.6 Å². The minimum absolute atomic E-state index is 0.798. The normalized spacial score (nSPS) is 9.92. The molecule has 0 fully saturated rings. The van der Waals surface area contributed by atoms with E-state index < -0.39 is 0 Å². The van der Waals surface area contributed by atoms with E-state index in [1.165, 1.54) is 12.2 Å². The number of unbranched alkanes of at least 4 members (excludes halogenated alkanes) is 1. The number of nitrogens with zero attached hydrogens (tertiary/aromatic N) is 1. The molecule has 1 aromatic heterocycles. The fourth-order valence-corrected chi connectivity index (χ4v) is 1.46. The molecular weight excluding hydrogens is 182 g/mol. The molecule has 0 unspecified atom stereocenters. The Kier molecular flexibility index (Phi) is 5.41. The van der Waals surface area contributed by atoms with Crippen LogP contribution in [0.4, 0.5) is 0 Å². The van der Waals surface area contributed by atoms with E-state index in [-0.39, 0.29) is 0 Å². The summed E-state index contributed by atoms with van der Waals surface area (Å²) < 4.78 is 5.48. The van der Waals surface area contributed by atoms with E-state index >= 15 is 0 Å². The molecule has 0 bridgehead atoms. The second kappa shape index (κ2) is 6.78. The molecule has 0 saturated heterocycles. The van der Waals surface area contributed by atoms with Gasteiger partial charge in [0, 0.05) is 6.20 Å². The van der Waals surface area contributed by atoms with Crippen LogP contribution in [0, 0.1) is 0 Å². The van der Waals surface area contributed by atoms with Gasteiger partial charge < -0.3 is 4.74 Å². The average Bonchev–Trinajstić information content (AvgIpc) is 2.19. The van der Waals surface area contributed by atoms with Crippen molar-refractivity contribution in [3.63, 3.8) is 0 Å². The quantitative estimate of drug-likeness (QED) is 0.654. The van der Waals surface area contributed by atoms with E-state index in [1.54, 1.807) is 12.4 Å². The maximum absolute atomic E-state index is 5.48. The van der Waals surface area contributed by atoms with Gasteiger partial charge in [0.25, 0.3) is 0 Å². The predicted molar refractivity (Wildman–Crippen MR) is 57.3 cm³/mol. The van der Waals surface area contributed by atoms with Crippen LogP contribution in [0.3, 0.4) is 0 Å². The van der Waals surface area contributed by atoms with Gasteiger partial charge in [0.15, 0.2) is 0 Å². The highest BCUT2D eigenvalue weighted by Crippen LogP contribution is 2.07. The summed E-state index contributed by atoms with van der Waals surface area (Å²) in [6, 6.07) is 3.82. The second-order valence-electron chi connectivity index (χ2n) is 2.74. The van der Waals surface area contributed by atoms with Gasteiger partial charge in [0.2, 0.25) is 0 Å². The van der Waals surface area contributed by atoms with E-state index in [2.05, 4.69) is 11.2 Å². The van der Waals surface area contributed by atoms with E-state index in [0.717, 1.165) is 18.8 Å². The Morgan fingerprint density at radius 2 is 2.38 bits per heavy atom. The molecule has 0 aliphatic carbocycles. The number of ether oxygens (including phenoxy) is 1. The van der Waals surface area contributed by atoms with Crippen LogP contribution >= 0.6 is 11.8 Å². The fourth-order valence-electron chi connectivity index (χ4n) is 0.971. The topological polar surface area (TPSA) is 22.1 Å². The van der Waals surface area contributed by atoms with Crippen molar-refractivity contribution >= 4 is 11.8 Å². The molecule has 0 amide bonds. The van der Waals surface area contributed by atoms with Crippen LogP contribution in [0.5, 0.6) is 5.75 Å². The summed E-state index contributed by atoms with van der Waals surface area (Å²) >= 11 is 1.88. The molecule has 0 aliphatic heterocycles. The zero-order valence-electron chi connectivity index (χ0n) is 7.90. The number of hydrogen-bond donors (Lipinski definition) is 0. The minimum atomic E-state index is 0.798. The summed E-state index contributed by atoms with van der Waals surface area (Å²) in [6.45, 7) is 0.798. The fraction of sp³-hybridized carbons (Fsp3) is 0.500. The molecule has 0 saturated carbocycles. The smallest absolute Gasteiger partial charge is 0.137 e. The van der Waals surface area contributed by atoms with Crippen molar-refractivity contribution in [2.45, 2.75) is 12.8 Å². The summed E-state index contributed by atoms with van der Waals surface area (Å²) in [6.07, 6.45) is 7.97. The summed E-state index contributed by atoms with van der Waals surface area (Å²) in [5.74, 6) is 2.09. The van der Waals surface area contributed by atoms with Crippen LogP contribution in [0.15, 0.2) is 24.5 Å². The molecule has 0 atom stereocenters. The molecule has 1 heterocycles. The summed E-state index contributed by atoms with van der Waals surface area (Å²) in [7, 11) is 0. The van der Waals surface area contributed by atoms with Gasteiger partial charge in [-0.2, -0.15) is 11.8 Å². The second-order valence-corrected chi connectivity index (χ2v) is 3.72. The molecule has 0 aromatic carbocycles. The van der Waals surface area contributed by atoms with Crippen molar-refractivity contribution in [3.8, 4) is 5.75 Å². The Bertz CT molecular complexity index is 215. The monoisotopic (exact) mass is 197 g/mol. The van der Waals surface area contributed by atoms with E-state index in [1.807, 2.05) is 23.9 Å². The molecule has 1 rings (SSSR count). The molecule has 1 aromatic rings.